The highest BCUT2D eigenvalue weighted by Gasteiger charge is 2.40. The van der Waals surface area contributed by atoms with E-state index in [0.717, 1.165) is 153 Å². The van der Waals surface area contributed by atoms with Crippen LogP contribution in [0.3, 0.4) is 0 Å². The molecule has 586 valence electrons. The molecule has 10 rings (SSSR count). The number of carbonyl (C=O) groups is 5. The maximum absolute atomic E-state index is 12.3. The molecule has 10 aliphatic rings. The average Bonchev–Trinajstić information content (AvgIpc) is 0.892. The van der Waals surface area contributed by atoms with Crippen molar-refractivity contribution in [2.75, 3.05) is 0 Å². The van der Waals surface area contributed by atoms with Crippen molar-refractivity contribution in [2.45, 2.75) is 461 Å². The van der Waals surface area contributed by atoms with Gasteiger partial charge in [-0.1, -0.05) is 268 Å². The minimum Gasteiger partial charge on any atom is -0.299 e. The van der Waals surface area contributed by atoms with Crippen LogP contribution in [-0.4, -0.2) is 28.9 Å². The van der Waals surface area contributed by atoms with Gasteiger partial charge in [-0.05, 0) is 249 Å². The molecule has 0 bridgehead atoms. The van der Waals surface area contributed by atoms with E-state index in [1.165, 1.54) is 327 Å². The molecule has 101 heavy (non-hydrogen) atoms. The number of rotatable bonds is 31. The quantitative estimate of drug-likeness (QED) is 0.0646. The van der Waals surface area contributed by atoms with Gasteiger partial charge in [0.2, 0.25) is 0 Å². The van der Waals surface area contributed by atoms with E-state index in [0.29, 0.717) is 58.5 Å². The van der Waals surface area contributed by atoms with Crippen LogP contribution in [0.4, 0.5) is 0 Å². The van der Waals surface area contributed by atoms with E-state index >= 15 is 0 Å². The number of hydrogen-bond donors (Lipinski definition) is 0. The predicted octanol–water partition coefficient (Wildman–Crippen LogP) is 29.2. The second-order valence-electron chi connectivity index (χ2n) is 37.4. The Morgan fingerprint density at radius 2 is 0.376 bits per heavy atom. The Kier molecular flexibility index (Phi) is 45.1. The third-order valence-corrected chi connectivity index (χ3v) is 30.2. The van der Waals surface area contributed by atoms with Crippen LogP contribution in [0.25, 0.3) is 0 Å². The molecule has 10 saturated carbocycles. The summed E-state index contributed by atoms with van der Waals surface area (Å²) in [6.45, 7) is 22.5. The fourth-order valence-corrected chi connectivity index (χ4v) is 23.3. The molecule has 0 amide bonds. The van der Waals surface area contributed by atoms with Gasteiger partial charge in [-0.2, -0.15) is 0 Å². The van der Waals surface area contributed by atoms with Gasteiger partial charge in [0.25, 0.3) is 0 Å². The molecule has 0 aromatic heterocycles. The predicted molar refractivity (Wildman–Crippen MR) is 433 cm³/mol. The summed E-state index contributed by atoms with van der Waals surface area (Å²) in [5.74, 6) is 18.1. The van der Waals surface area contributed by atoms with Crippen molar-refractivity contribution in [1.29, 1.82) is 0 Å². The highest BCUT2D eigenvalue weighted by atomic mass is 16.1. The number of Topliss-reactive ketones (excluding diaryl/α,β-unsaturated/α-hetero) is 5. The summed E-state index contributed by atoms with van der Waals surface area (Å²) < 4.78 is 0. The first-order valence-corrected chi connectivity index (χ1v) is 46.8. The van der Waals surface area contributed by atoms with Crippen LogP contribution in [0.1, 0.15) is 461 Å². The van der Waals surface area contributed by atoms with Crippen LogP contribution in [0.5, 0.6) is 0 Å². The van der Waals surface area contributed by atoms with Gasteiger partial charge in [0.15, 0.2) is 0 Å². The van der Waals surface area contributed by atoms with Crippen LogP contribution < -0.4 is 0 Å². The zero-order valence-electron chi connectivity index (χ0n) is 69.2. The smallest absolute Gasteiger partial charge is 0.136 e. The molecule has 5 nitrogen and oxygen atoms in total. The molecule has 0 aromatic rings. The van der Waals surface area contributed by atoms with E-state index in [-0.39, 0.29) is 0 Å². The molecule has 10 fully saturated rings. The van der Waals surface area contributed by atoms with E-state index in [1.54, 1.807) is 0 Å². The standard InChI is InChI=1S/C22H40O.C20H36O.C19H34O.C18H32O.C17H30O/c1-3-5-6-7-8-10-18-11-13-19(14-12-18)21-16-15-20(9-4-2)22(23)17-21;1-3-5-6-8-16-9-11-17(12-10-16)19-14-13-18(7-4-2)20(21)15-19;1-3-5-7-15-8-10-16(11-9-15)18-13-12-17(6-4-2)19(20)14-18;1-3-5-14-7-9-15(10-8-14)17-12-11-16(6-4-2)18(19)13-17;1-3-5-15-10-11-16(12-17(15)18)14-8-6-13(4-2)7-9-14/h18-21H,3-17H2,1-2H3;16-19H,3-15H2,1-2H3;15-18H,3-14H2,1-2H3;14-17H,3-13H2,1-2H3;13-16H,3-12H2,1-2H3. The van der Waals surface area contributed by atoms with Gasteiger partial charge in [0.1, 0.15) is 28.9 Å². The highest BCUT2D eigenvalue weighted by molar-refractivity contribution is 5.83. The summed E-state index contributed by atoms with van der Waals surface area (Å²) in [5, 5.41) is 0. The van der Waals surface area contributed by atoms with Gasteiger partial charge in [-0.15, -0.1) is 0 Å². The second kappa shape index (κ2) is 51.6. The lowest BCUT2D eigenvalue weighted by Crippen LogP contribution is -2.31. The number of ketones is 5. The maximum Gasteiger partial charge on any atom is 0.136 e. The topological polar surface area (TPSA) is 85.3 Å². The number of carbonyl (C=O) groups excluding carboxylic acids is 5. The molecule has 0 radical (unpaired) electrons. The first-order valence-electron chi connectivity index (χ1n) is 46.8. The Morgan fingerprint density at radius 3 is 0.604 bits per heavy atom. The zero-order valence-corrected chi connectivity index (χ0v) is 69.2. The average molecular weight is 1410 g/mol. The molecule has 10 unspecified atom stereocenters. The van der Waals surface area contributed by atoms with Crippen molar-refractivity contribution in [3.63, 3.8) is 0 Å². The summed E-state index contributed by atoms with van der Waals surface area (Å²) in [6.07, 6.45) is 79.7. The summed E-state index contributed by atoms with van der Waals surface area (Å²) >= 11 is 0. The molecular formula is C96H172O5. The lowest BCUT2D eigenvalue weighted by atomic mass is 9.68. The van der Waals surface area contributed by atoms with Crippen LogP contribution >= 0.6 is 0 Å². The van der Waals surface area contributed by atoms with Gasteiger partial charge >= 0.3 is 0 Å². The fraction of sp³-hybridized carbons (Fsp3) is 0.948. The van der Waals surface area contributed by atoms with Crippen molar-refractivity contribution in [1.82, 2.24) is 0 Å². The third kappa shape index (κ3) is 31.8. The fourth-order valence-electron chi connectivity index (χ4n) is 23.3. The van der Waals surface area contributed by atoms with Crippen molar-refractivity contribution >= 4 is 28.9 Å². The van der Waals surface area contributed by atoms with Crippen molar-refractivity contribution in [3.05, 3.63) is 0 Å². The normalized spacial score (nSPS) is 35.0. The van der Waals surface area contributed by atoms with E-state index in [1.807, 2.05) is 0 Å². The van der Waals surface area contributed by atoms with Gasteiger partial charge in [0, 0.05) is 61.7 Å². The van der Waals surface area contributed by atoms with E-state index < -0.39 is 0 Å². The molecule has 0 spiro atoms. The van der Waals surface area contributed by atoms with Crippen LogP contribution in [-0.2, 0) is 24.0 Å². The Hall–Kier alpha value is -1.65. The molecule has 0 aromatic carbocycles. The Labute approximate surface area is 628 Å². The Bertz CT molecular complexity index is 2150. The van der Waals surface area contributed by atoms with E-state index in [9.17, 15) is 24.0 Å². The summed E-state index contributed by atoms with van der Waals surface area (Å²) in [5.41, 5.74) is 0. The Morgan fingerprint density at radius 1 is 0.178 bits per heavy atom. The van der Waals surface area contributed by atoms with E-state index in [2.05, 4.69) is 69.2 Å². The van der Waals surface area contributed by atoms with Crippen LogP contribution in [0, 0.1) is 118 Å². The Balaban J connectivity index is 0.000000199. The van der Waals surface area contributed by atoms with Gasteiger partial charge in [-0.25, -0.2) is 0 Å². The number of hydrogen-bond acceptors (Lipinski definition) is 5. The minimum absolute atomic E-state index is 0.413. The van der Waals surface area contributed by atoms with Crippen molar-refractivity contribution in [3.8, 4) is 0 Å². The monoisotopic (exact) mass is 1410 g/mol. The highest BCUT2D eigenvalue weighted by Crippen LogP contribution is 2.48. The molecule has 10 aliphatic carbocycles. The van der Waals surface area contributed by atoms with E-state index in [4.69, 9.17) is 0 Å². The summed E-state index contributed by atoms with van der Waals surface area (Å²) in [6, 6.07) is 0. The largest absolute Gasteiger partial charge is 0.299 e. The number of unbranched alkanes of at least 4 members (excludes halogenated alkanes) is 7. The summed E-state index contributed by atoms with van der Waals surface area (Å²) in [4.78, 5) is 61.2. The molecular weight excluding hydrogens is 1230 g/mol. The third-order valence-electron chi connectivity index (χ3n) is 30.2. The molecule has 10 atom stereocenters. The molecule has 0 N–H and O–H groups in total. The van der Waals surface area contributed by atoms with Crippen molar-refractivity contribution < 1.29 is 24.0 Å². The van der Waals surface area contributed by atoms with Crippen LogP contribution in [0.15, 0.2) is 0 Å². The molecule has 0 aliphatic heterocycles. The molecule has 0 heterocycles. The first-order chi connectivity index (χ1) is 49.2. The minimum atomic E-state index is 0.413. The SMILES string of the molecule is CCCC1CCC(C2CCC(CC)CC2)CC1=O.CCCC1CCC(C2CCC(CCC)C(=O)C2)CC1.CCCCC1CCC(C2CCC(CCC)C(=O)C2)CC1.CCCCCC1CCC(C2CCC(CCC)C(=O)C2)CC1.CCCCCCCC1CCC(C2CCC(CCC)C(=O)C2)CC1. The van der Waals surface area contributed by atoms with Gasteiger partial charge in [-0.3, -0.25) is 24.0 Å². The van der Waals surface area contributed by atoms with Crippen LogP contribution in [0.2, 0.25) is 0 Å². The first kappa shape index (κ1) is 88.3. The maximum atomic E-state index is 12.3. The van der Waals surface area contributed by atoms with Gasteiger partial charge < -0.3 is 0 Å². The molecule has 5 heteroatoms. The zero-order chi connectivity index (χ0) is 72.6. The second-order valence-corrected chi connectivity index (χ2v) is 37.4. The lowest BCUT2D eigenvalue weighted by Gasteiger charge is -2.37. The lowest BCUT2D eigenvalue weighted by molar-refractivity contribution is -0.128. The molecule has 0 saturated heterocycles. The summed E-state index contributed by atoms with van der Waals surface area (Å²) in [7, 11) is 0. The van der Waals surface area contributed by atoms with Crippen molar-refractivity contribution in [2.24, 2.45) is 118 Å². The van der Waals surface area contributed by atoms with Gasteiger partial charge in [0.05, 0.1) is 0 Å².